The lowest BCUT2D eigenvalue weighted by molar-refractivity contribution is 0.325. The predicted molar refractivity (Wildman–Crippen MR) is 76.8 cm³/mol. The second-order valence-electron chi connectivity index (χ2n) is 6.17. The Labute approximate surface area is 115 Å². The molecule has 106 valence electrons. The molecule has 2 heterocycles. The van der Waals surface area contributed by atoms with Gasteiger partial charge in [-0.2, -0.15) is 0 Å². The number of halogens is 1. The first-order valence-electron chi connectivity index (χ1n) is 7.06. The van der Waals surface area contributed by atoms with Gasteiger partial charge in [-0.25, -0.2) is 9.37 Å². The van der Waals surface area contributed by atoms with Crippen LogP contribution in [0.1, 0.15) is 38.7 Å². The Bertz CT molecular complexity index is 431. The molecule has 0 unspecified atom stereocenters. The van der Waals surface area contributed by atoms with Crippen LogP contribution in [-0.2, 0) is 6.54 Å². The molecule has 19 heavy (non-hydrogen) atoms. The van der Waals surface area contributed by atoms with Crippen LogP contribution in [0.4, 0.5) is 10.2 Å². The summed E-state index contributed by atoms with van der Waals surface area (Å²) in [5.74, 6) is 0.678. The van der Waals surface area contributed by atoms with Crippen molar-refractivity contribution in [2.45, 2.75) is 39.7 Å². The molecule has 1 aliphatic rings. The van der Waals surface area contributed by atoms with E-state index in [1.165, 1.54) is 19.0 Å². The molecule has 2 rings (SSSR count). The molecule has 3 nitrogen and oxygen atoms in total. The summed E-state index contributed by atoms with van der Waals surface area (Å²) >= 11 is 0. The first-order valence-corrected chi connectivity index (χ1v) is 7.06. The van der Waals surface area contributed by atoms with E-state index in [0.29, 0.717) is 12.0 Å². The van der Waals surface area contributed by atoms with E-state index in [1.54, 1.807) is 6.07 Å². The van der Waals surface area contributed by atoms with Crippen LogP contribution in [0.15, 0.2) is 12.3 Å². The molecule has 0 atom stereocenters. The van der Waals surface area contributed by atoms with Crippen LogP contribution in [0.2, 0.25) is 0 Å². The summed E-state index contributed by atoms with van der Waals surface area (Å²) in [7, 11) is 1.88. The van der Waals surface area contributed by atoms with Crippen molar-refractivity contribution in [2.75, 3.05) is 25.0 Å². The largest absolute Gasteiger partial charge is 0.356 e. The first-order chi connectivity index (χ1) is 9.02. The molecule has 0 radical (unpaired) electrons. The summed E-state index contributed by atoms with van der Waals surface area (Å²) in [6.07, 6.45) is 4.90. The van der Waals surface area contributed by atoms with Crippen molar-refractivity contribution in [3.05, 3.63) is 23.6 Å². The highest BCUT2D eigenvalue weighted by molar-refractivity contribution is 5.47. The second kappa shape index (κ2) is 5.87. The zero-order valence-electron chi connectivity index (χ0n) is 12.2. The van der Waals surface area contributed by atoms with Crippen LogP contribution < -0.4 is 10.2 Å². The Morgan fingerprint density at radius 2 is 2.16 bits per heavy atom. The fourth-order valence-corrected chi connectivity index (χ4v) is 2.71. The van der Waals surface area contributed by atoms with Gasteiger partial charge in [0.25, 0.3) is 0 Å². The highest BCUT2D eigenvalue weighted by atomic mass is 19.1. The monoisotopic (exact) mass is 265 g/mol. The Hall–Kier alpha value is -1.16. The SMILES string of the molecule is CNCc1cc(F)cnc1N1CCCC(C)(C)CC1. The molecule has 0 amide bonds. The van der Waals surface area contributed by atoms with Crippen molar-refractivity contribution in [1.29, 1.82) is 0 Å². The molecular weight excluding hydrogens is 241 g/mol. The molecule has 1 fully saturated rings. The fraction of sp³-hybridized carbons (Fsp3) is 0.667. The summed E-state index contributed by atoms with van der Waals surface area (Å²) in [6.45, 7) is 7.31. The number of anilines is 1. The number of nitrogens with zero attached hydrogens (tertiary/aromatic N) is 2. The van der Waals surface area contributed by atoms with Gasteiger partial charge in [-0.15, -0.1) is 0 Å². The van der Waals surface area contributed by atoms with Crippen molar-refractivity contribution in [1.82, 2.24) is 10.3 Å². The van der Waals surface area contributed by atoms with Crippen LogP contribution in [0, 0.1) is 11.2 Å². The van der Waals surface area contributed by atoms with Gasteiger partial charge in [-0.3, -0.25) is 0 Å². The third kappa shape index (κ3) is 3.66. The van der Waals surface area contributed by atoms with Gasteiger partial charge in [0.2, 0.25) is 0 Å². The second-order valence-corrected chi connectivity index (χ2v) is 6.17. The molecule has 1 aliphatic heterocycles. The van der Waals surface area contributed by atoms with Crippen molar-refractivity contribution in [2.24, 2.45) is 5.41 Å². The number of hydrogen-bond donors (Lipinski definition) is 1. The Morgan fingerprint density at radius 1 is 1.37 bits per heavy atom. The molecular formula is C15H24FN3. The lowest BCUT2D eigenvalue weighted by atomic mass is 9.85. The highest BCUT2D eigenvalue weighted by Gasteiger charge is 2.24. The molecule has 0 aromatic carbocycles. The normalized spacial score (nSPS) is 19.3. The molecule has 1 N–H and O–H groups in total. The Morgan fingerprint density at radius 3 is 2.89 bits per heavy atom. The number of pyridine rings is 1. The van der Waals surface area contributed by atoms with Crippen LogP contribution in [0.5, 0.6) is 0 Å². The summed E-state index contributed by atoms with van der Waals surface area (Å²) < 4.78 is 13.3. The molecule has 0 bridgehead atoms. The smallest absolute Gasteiger partial charge is 0.141 e. The summed E-state index contributed by atoms with van der Waals surface area (Å²) in [4.78, 5) is 6.63. The Kier molecular flexibility index (Phi) is 4.40. The third-order valence-corrected chi connectivity index (χ3v) is 3.92. The third-order valence-electron chi connectivity index (χ3n) is 3.92. The summed E-state index contributed by atoms with van der Waals surface area (Å²) in [5.41, 5.74) is 1.35. The van der Waals surface area contributed by atoms with Crippen LogP contribution in [0.25, 0.3) is 0 Å². The summed E-state index contributed by atoms with van der Waals surface area (Å²) in [5, 5.41) is 3.09. The van der Waals surface area contributed by atoms with Gasteiger partial charge in [0.15, 0.2) is 0 Å². The lowest BCUT2D eigenvalue weighted by Gasteiger charge is -2.25. The topological polar surface area (TPSA) is 28.2 Å². The quantitative estimate of drug-likeness (QED) is 0.910. The lowest BCUT2D eigenvalue weighted by Crippen LogP contribution is -2.28. The molecule has 0 saturated carbocycles. The fourth-order valence-electron chi connectivity index (χ4n) is 2.71. The van der Waals surface area contributed by atoms with Gasteiger partial charge in [-0.05, 0) is 37.8 Å². The van der Waals surface area contributed by atoms with Crippen LogP contribution in [0.3, 0.4) is 0 Å². The molecule has 0 spiro atoms. The van der Waals surface area contributed by atoms with Crippen molar-refractivity contribution in [3.8, 4) is 0 Å². The van der Waals surface area contributed by atoms with Gasteiger partial charge in [-0.1, -0.05) is 13.8 Å². The number of hydrogen-bond acceptors (Lipinski definition) is 3. The van der Waals surface area contributed by atoms with E-state index in [4.69, 9.17) is 0 Å². The Balaban J connectivity index is 2.21. The minimum absolute atomic E-state index is 0.260. The minimum Gasteiger partial charge on any atom is -0.356 e. The number of nitrogens with one attached hydrogen (secondary N) is 1. The van der Waals surface area contributed by atoms with Crippen molar-refractivity contribution >= 4 is 5.82 Å². The average molecular weight is 265 g/mol. The minimum atomic E-state index is -0.260. The maximum Gasteiger partial charge on any atom is 0.141 e. The maximum atomic E-state index is 13.3. The highest BCUT2D eigenvalue weighted by Crippen LogP contribution is 2.32. The van der Waals surface area contributed by atoms with Crippen LogP contribution >= 0.6 is 0 Å². The van der Waals surface area contributed by atoms with Gasteiger partial charge in [0.1, 0.15) is 11.6 Å². The first kappa shape index (κ1) is 14.3. The molecule has 0 aliphatic carbocycles. The van der Waals surface area contributed by atoms with E-state index in [2.05, 4.69) is 29.0 Å². The average Bonchev–Trinajstić information content (AvgIpc) is 2.51. The molecule has 1 aromatic heterocycles. The van der Waals surface area contributed by atoms with E-state index in [9.17, 15) is 4.39 Å². The zero-order valence-corrected chi connectivity index (χ0v) is 12.2. The van der Waals surface area contributed by atoms with E-state index in [0.717, 1.165) is 30.9 Å². The van der Waals surface area contributed by atoms with Crippen molar-refractivity contribution < 1.29 is 4.39 Å². The standard InChI is InChI=1S/C15H24FN3/c1-15(2)5-4-7-19(8-6-15)14-12(10-17-3)9-13(16)11-18-14/h9,11,17H,4-8,10H2,1-3H3. The van der Waals surface area contributed by atoms with Gasteiger partial charge < -0.3 is 10.2 Å². The summed E-state index contributed by atoms with van der Waals surface area (Å²) in [6, 6.07) is 1.59. The van der Waals surface area contributed by atoms with Gasteiger partial charge >= 0.3 is 0 Å². The van der Waals surface area contributed by atoms with Crippen molar-refractivity contribution in [3.63, 3.8) is 0 Å². The van der Waals surface area contributed by atoms with Crippen LogP contribution in [-0.4, -0.2) is 25.1 Å². The number of aromatic nitrogens is 1. The van der Waals surface area contributed by atoms with E-state index in [1.807, 2.05) is 7.05 Å². The van der Waals surface area contributed by atoms with E-state index < -0.39 is 0 Å². The van der Waals surface area contributed by atoms with Gasteiger partial charge in [0, 0.05) is 25.2 Å². The molecule has 1 aromatic rings. The van der Waals surface area contributed by atoms with E-state index >= 15 is 0 Å². The zero-order chi connectivity index (χ0) is 13.9. The van der Waals surface area contributed by atoms with Gasteiger partial charge in [0.05, 0.1) is 6.20 Å². The number of rotatable bonds is 3. The molecule has 1 saturated heterocycles. The predicted octanol–water partition coefficient (Wildman–Crippen LogP) is 2.96. The molecule has 4 heteroatoms. The van der Waals surface area contributed by atoms with E-state index in [-0.39, 0.29) is 5.82 Å². The maximum absolute atomic E-state index is 13.3.